The van der Waals surface area contributed by atoms with Crippen molar-refractivity contribution >= 4 is 33.5 Å². The van der Waals surface area contributed by atoms with Crippen LogP contribution in [0.25, 0.3) is 10.9 Å². The lowest BCUT2D eigenvalue weighted by Gasteiger charge is -1.99. The first-order valence-corrected chi connectivity index (χ1v) is 4.70. The third kappa shape index (κ3) is 1.18. The highest BCUT2D eigenvalue weighted by molar-refractivity contribution is 14.1. The first kappa shape index (κ1) is 7.91. The van der Waals surface area contributed by atoms with Crippen molar-refractivity contribution < 1.29 is 4.74 Å². The highest BCUT2D eigenvalue weighted by Gasteiger charge is 2.02. The van der Waals surface area contributed by atoms with Gasteiger partial charge in [0.1, 0.15) is 5.75 Å². The van der Waals surface area contributed by atoms with E-state index in [1.807, 2.05) is 18.2 Å². The van der Waals surface area contributed by atoms with E-state index in [0.717, 1.165) is 20.4 Å². The zero-order chi connectivity index (χ0) is 8.55. The largest absolute Gasteiger partial charge is 0.496 e. The molecular weight excluding hydrogens is 265 g/mol. The van der Waals surface area contributed by atoms with Crippen LogP contribution in [-0.2, 0) is 0 Å². The second-order valence-electron chi connectivity index (χ2n) is 2.54. The Balaban J connectivity index is 2.78. The van der Waals surface area contributed by atoms with Gasteiger partial charge >= 0.3 is 0 Å². The van der Waals surface area contributed by atoms with Crippen molar-refractivity contribution in [1.29, 1.82) is 0 Å². The number of rotatable bonds is 1. The Labute approximate surface area is 84.1 Å². The van der Waals surface area contributed by atoms with Gasteiger partial charge in [-0.1, -0.05) is 6.07 Å². The summed E-state index contributed by atoms with van der Waals surface area (Å²) in [5.41, 5.74) is 1.12. The van der Waals surface area contributed by atoms with E-state index < -0.39 is 0 Å². The van der Waals surface area contributed by atoms with Crippen LogP contribution in [0.4, 0.5) is 0 Å². The summed E-state index contributed by atoms with van der Waals surface area (Å²) in [6.07, 6.45) is 0. The molecule has 1 heterocycles. The van der Waals surface area contributed by atoms with Crippen molar-refractivity contribution in [3.05, 3.63) is 28.0 Å². The van der Waals surface area contributed by atoms with E-state index in [0.29, 0.717) is 0 Å². The number of fused-ring (bicyclic) bond motifs is 1. The van der Waals surface area contributed by atoms with Crippen molar-refractivity contribution in [3.8, 4) is 5.75 Å². The third-order valence-electron chi connectivity index (χ3n) is 1.81. The summed E-state index contributed by atoms with van der Waals surface area (Å²) >= 11 is 2.25. The van der Waals surface area contributed by atoms with Crippen molar-refractivity contribution in [3.63, 3.8) is 0 Å². The third-order valence-corrected chi connectivity index (χ3v) is 2.39. The quantitative estimate of drug-likeness (QED) is 0.794. The second-order valence-corrected chi connectivity index (χ2v) is 3.70. The Morgan fingerprint density at radius 1 is 1.42 bits per heavy atom. The summed E-state index contributed by atoms with van der Waals surface area (Å²) in [5.74, 6) is 0.923. The average molecular weight is 273 g/mol. The van der Waals surface area contributed by atoms with Crippen LogP contribution in [0.3, 0.4) is 0 Å². The molecule has 2 rings (SSSR count). The molecule has 0 amide bonds. The standard InChI is InChI=1S/C9H8INO/c1-12-8-4-2-3-7-6(8)5-9(10)11-7/h2-5,11H,1H3. The molecule has 1 aromatic heterocycles. The van der Waals surface area contributed by atoms with Crippen LogP contribution in [0.1, 0.15) is 0 Å². The van der Waals surface area contributed by atoms with E-state index in [-0.39, 0.29) is 0 Å². The molecule has 2 aromatic rings. The van der Waals surface area contributed by atoms with E-state index in [1.54, 1.807) is 7.11 Å². The highest BCUT2D eigenvalue weighted by Crippen LogP contribution is 2.26. The van der Waals surface area contributed by atoms with Gasteiger partial charge in [0.25, 0.3) is 0 Å². The number of ether oxygens (including phenoxy) is 1. The van der Waals surface area contributed by atoms with Gasteiger partial charge in [-0.25, -0.2) is 0 Å². The maximum absolute atomic E-state index is 5.22. The molecule has 0 aliphatic heterocycles. The molecule has 1 aromatic carbocycles. The molecule has 0 spiro atoms. The molecule has 3 heteroatoms. The summed E-state index contributed by atoms with van der Waals surface area (Å²) in [4.78, 5) is 3.24. The smallest absolute Gasteiger partial charge is 0.128 e. The predicted octanol–water partition coefficient (Wildman–Crippen LogP) is 2.78. The molecule has 0 fully saturated rings. The van der Waals surface area contributed by atoms with Gasteiger partial charge in [-0.05, 0) is 40.8 Å². The van der Waals surface area contributed by atoms with Gasteiger partial charge in [0, 0.05) is 10.9 Å². The molecule has 62 valence electrons. The van der Waals surface area contributed by atoms with Crippen LogP contribution in [0, 0.1) is 3.70 Å². The van der Waals surface area contributed by atoms with Gasteiger partial charge in [-0.3, -0.25) is 0 Å². The van der Waals surface area contributed by atoms with Gasteiger partial charge in [-0.2, -0.15) is 0 Å². The van der Waals surface area contributed by atoms with Crippen LogP contribution >= 0.6 is 22.6 Å². The summed E-state index contributed by atoms with van der Waals surface area (Å²) in [6, 6.07) is 8.06. The van der Waals surface area contributed by atoms with E-state index in [2.05, 4.69) is 33.6 Å². The maximum Gasteiger partial charge on any atom is 0.128 e. The van der Waals surface area contributed by atoms with Crippen molar-refractivity contribution in [1.82, 2.24) is 4.98 Å². The number of aromatic amines is 1. The van der Waals surface area contributed by atoms with Crippen molar-refractivity contribution in [2.45, 2.75) is 0 Å². The van der Waals surface area contributed by atoms with Crippen molar-refractivity contribution in [2.24, 2.45) is 0 Å². The summed E-state index contributed by atoms with van der Waals surface area (Å²) < 4.78 is 6.35. The molecule has 0 atom stereocenters. The van der Waals surface area contributed by atoms with E-state index in [4.69, 9.17) is 4.74 Å². The Kier molecular flexibility index (Phi) is 1.96. The molecule has 0 aliphatic rings. The van der Waals surface area contributed by atoms with Crippen LogP contribution < -0.4 is 4.74 Å². The lowest BCUT2D eigenvalue weighted by Crippen LogP contribution is -1.81. The second kappa shape index (κ2) is 2.97. The summed E-state index contributed by atoms with van der Waals surface area (Å²) in [6.45, 7) is 0. The molecule has 0 radical (unpaired) electrons. The number of aromatic nitrogens is 1. The van der Waals surface area contributed by atoms with Crippen LogP contribution in [0.15, 0.2) is 24.3 Å². The summed E-state index contributed by atoms with van der Waals surface area (Å²) in [5, 5.41) is 1.14. The van der Waals surface area contributed by atoms with Gasteiger partial charge in [0.05, 0.1) is 10.8 Å². The normalized spacial score (nSPS) is 10.5. The Morgan fingerprint density at radius 2 is 2.25 bits per heavy atom. The molecule has 12 heavy (non-hydrogen) atoms. The zero-order valence-electron chi connectivity index (χ0n) is 6.60. The molecule has 1 N–H and O–H groups in total. The van der Waals surface area contributed by atoms with Crippen LogP contribution in [0.2, 0.25) is 0 Å². The van der Waals surface area contributed by atoms with E-state index in [1.165, 1.54) is 0 Å². The molecule has 0 unspecified atom stereocenters. The molecule has 0 aliphatic carbocycles. The van der Waals surface area contributed by atoms with Gasteiger partial charge in [0.2, 0.25) is 0 Å². The SMILES string of the molecule is COc1cccc2[nH]c(I)cc12. The lowest BCUT2D eigenvalue weighted by molar-refractivity contribution is 0.420. The van der Waals surface area contributed by atoms with E-state index in [9.17, 15) is 0 Å². The average Bonchev–Trinajstić information content (AvgIpc) is 2.44. The van der Waals surface area contributed by atoms with Crippen LogP contribution in [0.5, 0.6) is 5.75 Å². The highest BCUT2D eigenvalue weighted by atomic mass is 127. The van der Waals surface area contributed by atoms with Gasteiger partial charge in [-0.15, -0.1) is 0 Å². The number of benzene rings is 1. The van der Waals surface area contributed by atoms with Gasteiger partial charge < -0.3 is 9.72 Å². The summed E-state index contributed by atoms with van der Waals surface area (Å²) in [7, 11) is 1.69. The van der Waals surface area contributed by atoms with Crippen LogP contribution in [-0.4, -0.2) is 12.1 Å². The molecule has 0 saturated heterocycles. The molecular formula is C9H8INO. The topological polar surface area (TPSA) is 25.0 Å². The minimum atomic E-state index is 0.923. The Bertz CT molecular complexity index is 408. The predicted molar refractivity (Wildman–Crippen MR) is 57.6 cm³/mol. The number of hydrogen-bond acceptors (Lipinski definition) is 1. The molecule has 2 nitrogen and oxygen atoms in total. The number of halogens is 1. The van der Waals surface area contributed by atoms with Gasteiger partial charge in [0.15, 0.2) is 0 Å². The monoisotopic (exact) mass is 273 g/mol. The first-order chi connectivity index (χ1) is 5.81. The Hall–Kier alpha value is -0.710. The van der Waals surface area contributed by atoms with Crippen molar-refractivity contribution in [2.75, 3.05) is 7.11 Å². The fourth-order valence-electron chi connectivity index (χ4n) is 1.27. The molecule has 0 saturated carbocycles. The Morgan fingerprint density at radius 3 is 3.00 bits per heavy atom. The fourth-order valence-corrected chi connectivity index (χ4v) is 1.87. The zero-order valence-corrected chi connectivity index (χ0v) is 8.75. The fraction of sp³-hybridized carbons (Fsp3) is 0.111. The molecule has 0 bridgehead atoms. The lowest BCUT2D eigenvalue weighted by atomic mass is 10.2. The minimum Gasteiger partial charge on any atom is -0.496 e. The maximum atomic E-state index is 5.22. The van der Waals surface area contributed by atoms with E-state index >= 15 is 0 Å². The first-order valence-electron chi connectivity index (χ1n) is 3.62. The number of hydrogen-bond donors (Lipinski definition) is 1. The number of H-pyrrole nitrogens is 1. The number of methoxy groups -OCH3 is 1. The minimum absolute atomic E-state index is 0.923. The number of nitrogens with one attached hydrogen (secondary N) is 1.